The van der Waals surface area contributed by atoms with Gasteiger partial charge in [0.15, 0.2) is 0 Å². The Hall–Kier alpha value is -0.520. The molecule has 0 heterocycles. The van der Waals surface area contributed by atoms with Gasteiger partial charge in [0.1, 0.15) is 0 Å². The number of unbranched alkanes of at least 4 members (excludes halogenated alkanes) is 2. The van der Waals surface area contributed by atoms with Gasteiger partial charge >= 0.3 is 0 Å². The maximum Gasteiger partial charge on any atom is -0.0171 e. The second-order valence-electron chi connectivity index (χ2n) is 5.06. The Morgan fingerprint density at radius 1 is 1.13 bits per heavy atom. The van der Waals surface area contributed by atoms with E-state index in [1.807, 2.05) is 0 Å². The largest absolute Gasteiger partial charge is 0.0998 e. The Morgan fingerprint density at radius 3 is 2.13 bits per heavy atom. The van der Waals surface area contributed by atoms with E-state index in [0.717, 1.165) is 6.42 Å². The van der Waals surface area contributed by atoms with Gasteiger partial charge in [-0.15, -0.1) is 0 Å². The molecule has 0 aromatic carbocycles. The van der Waals surface area contributed by atoms with Gasteiger partial charge in [0.2, 0.25) is 0 Å². The van der Waals surface area contributed by atoms with E-state index in [1.54, 1.807) is 0 Å². The van der Waals surface area contributed by atoms with Crippen LogP contribution in [0.4, 0.5) is 0 Å². The van der Waals surface area contributed by atoms with Crippen molar-refractivity contribution in [1.29, 1.82) is 0 Å². The lowest BCUT2D eigenvalue weighted by molar-refractivity contribution is 0.497. The summed E-state index contributed by atoms with van der Waals surface area (Å²) in [6.45, 7) is 17.1. The van der Waals surface area contributed by atoms with E-state index in [-0.39, 0.29) is 0 Å². The van der Waals surface area contributed by atoms with Gasteiger partial charge in [-0.1, -0.05) is 64.3 Å². The highest BCUT2D eigenvalue weighted by Gasteiger charge is 2.12. The summed E-state index contributed by atoms with van der Waals surface area (Å²) in [5, 5.41) is 0. The minimum Gasteiger partial charge on any atom is -0.0998 e. The van der Waals surface area contributed by atoms with Gasteiger partial charge in [0.05, 0.1) is 0 Å². The Bertz CT molecular complexity index is 198. The Morgan fingerprint density at radius 2 is 1.73 bits per heavy atom. The monoisotopic (exact) mass is 208 g/mol. The van der Waals surface area contributed by atoms with Gasteiger partial charge in [-0.2, -0.15) is 0 Å². The van der Waals surface area contributed by atoms with E-state index in [9.17, 15) is 0 Å². The second kappa shape index (κ2) is 7.73. The van der Waals surface area contributed by atoms with Crippen LogP contribution in [0.25, 0.3) is 0 Å². The predicted octanol–water partition coefficient (Wildman–Crippen LogP) is 5.36. The van der Waals surface area contributed by atoms with E-state index in [2.05, 4.69) is 40.9 Å². The molecular weight excluding hydrogens is 180 g/mol. The molecule has 0 bridgehead atoms. The SMILES string of the molecule is C=C(CC(CCCCC)C(=C)C)C(C)C. The van der Waals surface area contributed by atoms with Crippen molar-refractivity contribution in [2.75, 3.05) is 0 Å². The quantitative estimate of drug-likeness (QED) is 0.372. The second-order valence-corrected chi connectivity index (χ2v) is 5.06. The molecule has 0 N–H and O–H groups in total. The highest BCUT2D eigenvalue weighted by atomic mass is 14.2. The first kappa shape index (κ1) is 14.5. The highest BCUT2D eigenvalue weighted by Crippen LogP contribution is 2.26. The van der Waals surface area contributed by atoms with Crippen molar-refractivity contribution < 1.29 is 0 Å². The zero-order valence-electron chi connectivity index (χ0n) is 11.1. The molecule has 0 aliphatic carbocycles. The summed E-state index contributed by atoms with van der Waals surface area (Å²) in [7, 11) is 0. The Balaban J connectivity index is 4.05. The maximum atomic E-state index is 4.16. The maximum absolute atomic E-state index is 4.16. The average Bonchev–Trinajstić information content (AvgIpc) is 2.15. The molecule has 0 spiro atoms. The molecule has 0 radical (unpaired) electrons. The fourth-order valence-corrected chi connectivity index (χ4v) is 1.72. The molecule has 0 rings (SSSR count). The van der Waals surface area contributed by atoms with Crippen molar-refractivity contribution in [3.63, 3.8) is 0 Å². The van der Waals surface area contributed by atoms with E-state index < -0.39 is 0 Å². The van der Waals surface area contributed by atoms with Gasteiger partial charge in [-0.3, -0.25) is 0 Å². The normalized spacial score (nSPS) is 12.9. The molecule has 0 aliphatic heterocycles. The smallest absolute Gasteiger partial charge is 0.0171 e. The topological polar surface area (TPSA) is 0 Å². The number of hydrogen-bond donors (Lipinski definition) is 0. The average molecular weight is 208 g/mol. The van der Waals surface area contributed by atoms with E-state index in [0.29, 0.717) is 11.8 Å². The fourth-order valence-electron chi connectivity index (χ4n) is 1.72. The summed E-state index contributed by atoms with van der Waals surface area (Å²) in [5.41, 5.74) is 2.70. The standard InChI is InChI=1S/C15H28/c1-7-8-9-10-15(13(4)5)11-14(6)12(2)3/h12,15H,4,6-11H2,1-3,5H3. The summed E-state index contributed by atoms with van der Waals surface area (Å²) < 4.78 is 0. The van der Waals surface area contributed by atoms with Gasteiger partial charge in [-0.05, 0) is 31.6 Å². The van der Waals surface area contributed by atoms with Crippen LogP contribution < -0.4 is 0 Å². The molecule has 0 aromatic rings. The molecule has 15 heavy (non-hydrogen) atoms. The fraction of sp³-hybridized carbons (Fsp3) is 0.733. The molecule has 0 heteroatoms. The lowest BCUT2D eigenvalue weighted by Crippen LogP contribution is -2.06. The third-order valence-corrected chi connectivity index (χ3v) is 3.18. The van der Waals surface area contributed by atoms with E-state index in [1.165, 1.54) is 36.8 Å². The van der Waals surface area contributed by atoms with Crippen molar-refractivity contribution in [2.45, 2.75) is 59.8 Å². The molecule has 0 nitrogen and oxygen atoms in total. The molecule has 88 valence electrons. The van der Waals surface area contributed by atoms with Gasteiger partial charge in [-0.25, -0.2) is 0 Å². The lowest BCUT2D eigenvalue weighted by atomic mass is 9.86. The van der Waals surface area contributed by atoms with Crippen molar-refractivity contribution in [3.05, 3.63) is 24.3 Å². The van der Waals surface area contributed by atoms with Crippen LogP contribution in [0.15, 0.2) is 24.3 Å². The first-order valence-corrected chi connectivity index (χ1v) is 6.32. The molecule has 1 unspecified atom stereocenters. The van der Waals surface area contributed by atoms with E-state index in [4.69, 9.17) is 0 Å². The first-order valence-electron chi connectivity index (χ1n) is 6.32. The summed E-state index contributed by atoms with van der Waals surface area (Å²) in [5.74, 6) is 1.27. The zero-order chi connectivity index (χ0) is 11.8. The predicted molar refractivity (Wildman–Crippen MR) is 71.0 cm³/mol. The molecule has 1 atom stereocenters. The Labute approximate surface area is 96.5 Å². The number of allylic oxidation sites excluding steroid dienone is 2. The summed E-state index contributed by atoms with van der Waals surface area (Å²) >= 11 is 0. The molecule has 0 saturated carbocycles. The molecule has 0 aliphatic rings. The van der Waals surface area contributed by atoms with Crippen LogP contribution >= 0.6 is 0 Å². The molecule has 0 amide bonds. The van der Waals surface area contributed by atoms with Crippen LogP contribution in [-0.4, -0.2) is 0 Å². The molecule has 0 saturated heterocycles. The van der Waals surface area contributed by atoms with Crippen molar-refractivity contribution in [1.82, 2.24) is 0 Å². The molecule has 0 aromatic heterocycles. The van der Waals surface area contributed by atoms with Crippen molar-refractivity contribution in [2.24, 2.45) is 11.8 Å². The third kappa shape index (κ3) is 6.54. The zero-order valence-corrected chi connectivity index (χ0v) is 11.1. The van der Waals surface area contributed by atoms with Crippen LogP contribution in [0.2, 0.25) is 0 Å². The van der Waals surface area contributed by atoms with Crippen LogP contribution in [0.1, 0.15) is 59.8 Å². The third-order valence-electron chi connectivity index (χ3n) is 3.18. The van der Waals surface area contributed by atoms with Crippen LogP contribution in [0.5, 0.6) is 0 Å². The van der Waals surface area contributed by atoms with Gasteiger partial charge in [0, 0.05) is 0 Å². The van der Waals surface area contributed by atoms with Gasteiger partial charge in [0.25, 0.3) is 0 Å². The van der Waals surface area contributed by atoms with Crippen LogP contribution in [-0.2, 0) is 0 Å². The minimum absolute atomic E-state index is 0.609. The Kier molecular flexibility index (Phi) is 7.46. The van der Waals surface area contributed by atoms with Crippen molar-refractivity contribution in [3.8, 4) is 0 Å². The first-order chi connectivity index (χ1) is 6.99. The van der Waals surface area contributed by atoms with Crippen molar-refractivity contribution >= 4 is 0 Å². The molecular formula is C15H28. The lowest BCUT2D eigenvalue weighted by Gasteiger charge is -2.20. The number of hydrogen-bond acceptors (Lipinski definition) is 0. The van der Waals surface area contributed by atoms with Gasteiger partial charge < -0.3 is 0 Å². The summed E-state index contributed by atoms with van der Waals surface area (Å²) in [6, 6.07) is 0. The highest BCUT2D eigenvalue weighted by molar-refractivity contribution is 5.06. The van der Waals surface area contributed by atoms with Crippen LogP contribution in [0, 0.1) is 11.8 Å². The number of rotatable bonds is 8. The minimum atomic E-state index is 0.609. The summed E-state index contributed by atoms with van der Waals surface area (Å²) in [4.78, 5) is 0. The molecule has 0 fully saturated rings. The summed E-state index contributed by atoms with van der Waals surface area (Å²) in [6.07, 6.45) is 6.40. The van der Waals surface area contributed by atoms with E-state index >= 15 is 0 Å². The van der Waals surface area contributed by atoms with Crippen LogP contribution in [0.3, 0.4) is 0 Å².